The summed E-state index contributed by atoms with van der Waals surface area (Å²) < 4.78 is 1.64. The molecule has 9 heteroatoms. The largest absolute Gasteiger partial charge is 0.382 e. The van der Waals surface area contributed by atoms with Gasteiger partial charge >= 0.3 is 0 Å². The minimum Gasteiger partial charge on any atom is -0.382 e. The summed E-state index contributed by atoms with van der Waals surface area (Å²) in [6.07, 6.45) is 6.11. The van der Waals surface area contributed by atoms with Gasteiger partial charge in [-0.2, -0.15) is 0 Å². The molecule has 0 bridgehead atoms. The Bertz CT molecular complexity index is 1020. The van der Waals surface area contributed by atoms with Gasteiger partial charge < -0.3 is 16.4 Å². The summed E-state index contributed by atoms with van der Waals surface area (Å²) >= 11 is 7.55. The summed E-state index contributed by atoms with van der Waals surface area (Å²) in [4.78, 5) is 25.4. The zero-order valence-electron chi connectivity index (χ0n) is 17.7. The minimum atomic E-state index is -0.0829. The second-order valence-corrected chi connectivity index (χ2v) is 10.1. The first kappa shape index (κ1) is 21.5. The highest BCUT2D eigenvalue weighted by Crippen LogP contribution is 2.48. The number of nitrogens with zero attached hydrogens (tertiary/aromatic N) is 4. The van der Waals surface area contributed by atoms with Crippen LogP contribution in [0.1, 0.15) is 38.3 Å². The van der Waals surface area contributed by atoms with Crippen LogP contribution >= 0.6 is 23.4 Å². The van der Waals surface area contributed by atoms with Gasteiger partial charge in [0.15, 0.2) is 0 Å². The highest BCUT2D eigenvalue weighted by molar-refractivity contribution is 7.99. The Labute approximate surface area is 186 Å². The van der Waals surface area contributed by atoms with E-state index in [-0.39, 0.29) is 22.8 Å². The van der Waals surface area contributed by atoms with Crippen molar-refractivity contribution in [2.45, 2.75) is 55.4 Å². The molecule has 1 aliphatic carbocycles. The summed E-state index contributed by atoms with van der Waals surface area (Å²) in [5.41, 5.74) is 13.2. The van der Waals surface area contributed by atoms with Crippen LogP contribution in [-0.4, -0.2) is 33.7 Å². The molecule has 0 aromatic carbocycles. The zero-order chi connectivity index (χ0) is 21.6. The standard InChI is InChI=1S/C21H29ClN6OS/c1-12-4-6-21(17(12)23)7-10-28(11-8-21)20-26-13(2)16(19(29)27(20)3)30-14-5-9-25-18(24)15(14)22/h5,9,12,17H,4,6-8,10-11,23H2,1-3H3,(H2,24,25)/t12-,17-/m1/s1. The van der Waals surface area contributed by atoms with E-state index in [1.54, 1.807) is 23.9 Å². The number of aryl methyl sites for hydroxylation is 1. The molecule has 162 valence electrons. The van der Waals surface area contributed by atoms with E-state index in [0.717, 1.165) is 31.9 Å². The first-order valence-corrected chi connectivity index (χ1v) is 11.6. The van der Waals surface area contributed by atoms with Gasteiger partial charge in [-0.1, -0.05) is 30.3 Å². The molecule has 1 saturated heterocycles. The smallest absolute Gasteiger partial charge is 0.268 e. The molecule has 3 heterocycles. The van der Waals surface area contributed by atoms with Crippen molar-refractivity contribution in [3.63, 3.8) is 0 Å². The van der Waals surface area contributed by atoms with Crippen LogP contribution in [0.5, 0.6) is 0 Å². The summed E-state index contributed by atoms with van der Waals surface area (Å²) in [6, 6.07) is 2.03. The van der Waals surface area contributed by atoms with Gasteiger partial charge in [-0.25, -0.2) is 9.97 Å². The number of hydrogen-bond acceptors (Lipinski definition) is 7. The minimum absolute atomic E-state index is 0.0829. The Morgan fingerprint density at radius 2 is 2.00 bits per heavy atom. The average molecular weight is 449 g/mol. The Morgan fingerprint density at radius 3 is 2.63 bits per heavy atom. The van der Waals surface area contributed by atoms with Crippen LogP contribution in [0.3, 0.4) is 0 Å². The quantitative estimate of drug-likeness (QED) is 0.742. The van der Waals surface area contributed by atoms with Crippen molar-refractivity contribution in [3.8, 4) is 0 Å². The number of anilines is 2. The third kappa shape index (κ3) is 3.59. The van der Waals surface area contributed by atoms with Gasteiger partial charge in [0.25, 0.3) is 5.56 Å². The lowest BCUT2D eigenvalue weighted by molar-refractivity contribution is 0.185. The van der Waals surface area contributed by atoms with Crippen molar-refractivity contribution in [2.24, 2.45) is 24.1 Å². The van der Waals surface area contributed by atoms with E-state index in [2.05, 4.69) is 16.8 Å². The van der Waals surface area contributed by atoms with Crippen LogP contribution in [0, 0.1) is 18.3 Å². The fourth-order valence-electron chi connectivity index (χ4n) is 4.90. The Kier molecular flexibility index (Phi) is 5.76. The van der Waals surface area contributed by atoms with Gasteiger partial charge in [0.05, 0.1) is 15.6 Å². The van der Waals surface area contributed by atoms with E-state index in [0.29, 0.717) is 26.4 Å². The number of aromatic nitrogens is 3. The van der Waals surface area contributed by atoms with Crippen molar-refractivity contribution in [2.75, 3.05) is 23.7 Å². The maximum absolute atomic E-state index is 13.2. The Morgan fingerprint density at radius 1 is 1.30 bits per heavy atom. The predicted octanol–water partition coefficient (Wildman–Crippen LogP) is 3.21. The predicted molar refractivity (Wildman–Crippen MR) is 122 cm³/mol. The molecule has 1 aliphatic heterocycles. The number of rotatable bonds is 3. The number of hydrogen-bond donors (Lipinski definition) is 2. The first-order chi connectivity index (χ1) is 14.2. The third-order valence-corrected chi connectivity index (χ3v) is 8.69. The highest BCUT2D eigenvalue weighted by Gasteiger charge is 2.46. The van der Waals surface area contributed by atoms with Crippen molar-refractivity contribution >= 4 is 35.1 Å². The third-order valence-electron chi connectivity index (χ3n) is 6.95. The monoisotopic (exact) mass is 448 g/mol. The number of pyridine rings is 1. The topological polar surface area (TPSA) is 103 Å². The van der Waals surface area contributed by atoms with Crippen molar-refractivity contribution in [1.82, 2.24) is 14.5 Å². The lowest BCUT2D eigenvalue weighted by atomic mass is 9.73. The molecule has 2 aliphatic rings. The van der Waals surface area contributed by atoms with Crippen LogP contribution in [0.25, 0.3) is 0 Å². The van der Waals surface area contributed by atoms with Crippen LogP contribution in [-0.2, 0) is 7.05 Å². The fourth-order valence-corrected chi connectivity index (χ4v) is 6.09. The maximum atomic E-state index is 13.2. The van der Waals surface area contributed by atoms with Gasteiger partial charge in [0.2, 0.25) is 5.95 Å². The van der Waals surface area contributed by atoms with Crippen molar-refractivity contribution < 1.29 is 0 Å². The van der Waals surface area contributed by atoms with Crippen molar-refractivity contribution in [3.05, 3.63) is 33.3 Å². The molecule has 0 radical (unpaired) electrons. The maximum Gasteiger partial charge on any atom is 0.268 e. The Hall–Kier alpha value is -1.77. The van der Waals surface area contributed by atoms with Gasteiger partial charge in [-0.3, -0.25) is 9.36 Å². The van der Waals surface area contributed by atoms with Gasteiger partial charge in [0.1, 0.15) is 5.82 Å². The summed E-state index contributed by atoms with van der Waals surface area (Å²) in [5.74, 6) is 1.56. The SMILES string of the molecule is Cc1nc(N2CCC3(CC[C@@H](C)[C@H]3N)CC2)n(C)c(=O)c1Sc1ccnc(N)c1Cl. The van der Waals surface area contributed by atoms with Gasteiger partial charge in [-0.05, 0) is 50.0 Å². The Balaban J connectivity index is 1.58. The van der Waals surface area contributed by atoms with E-state index >= 15 is 0 Å². The summed E-state index contributed by atoms with van der Waals surface area (Å²) in [5, 5.41) is 0.358. The molecule has 30 heavy (non-hydrogen) atoms. The number of halogens is 1. The van der Waals surface area contributed by atoms with Crippen LogP contribution < -0.4 is 21.9 Å². The molecule has 0 unspecified atom stereocenters. The van der Waals surface area contributed by atoms with E-state index in [4.69, 9.17) is 28.1 Å². The lowest BCUT2D eigenvalue weighted by Crippen LogP contribution is -2.49. The molecule has 0 amide bonds. The second kappa shape index (κ2) is 8.05. The number of nitrogen functional groups attached to an aromatic ring is 1. The zero-order valence-corrected chi connectivity index (χ0v) is 19.3. The number of piperidine rings is 1. The molecule has 7 nitrogen and oxygen atoms in total. The van der Waals surface area contributed by atoms with Gasteiger partial charge in [0, 0.05) is 37.3 Å². The van der Waals surface area contributed by atoms with Gasteiger partial charge in [-0.15, -0.1) is 0 Å². The highest BCUT2D eigenvalue weighted by atomic mass is 35.5. The average Bonchev–Trinajstić information content (AvgIpc) is 3.00. The van der Waals surface area contributed by atoms with Crippen LogP contribution in [0.4, 0.5) is 11.8 Å². The van der Waals surface area contributed by atoms with Crippen molar-refractivity contribution in [1.29, 1.82) is 0 Å². The molecule has 4 N–H and O–H groups in total. The molecule has 1 saturated carbocycles. The van der Waals surface area contributed by atoms with E-state index in [1.165, 1.54) is 24.6 Å². The number of nitrogens with two attached hydrogens (primary N) is 2. The molecule has 1 spiro atoms. The van der Waals surface area contributed by atoms with Crippen LogP contribution in [0.15, 0.2) is 26.8 Å². The molecule has 2 atom stereocenters. The molecule has 2 aromatic heterocycles. The normalized spacial score (nSPS) is 23.3. The lowest BCUT2D eigenvalue weighted by Gasteiger charge is -2.43. The first-order valence-electron chi connectivity index (χ1n) is 10.4. The molecule has 2 fully saturated rings. The summed E-state index contributed by atoms with van der Waals surface area (Å²) in [6.45, 7) is 5.88. The fraction of sp³-hybridized carbons (Fsp3) is 0.571. The second-order valence-electron chi connectivity index (χ2n) is 8.69. The summed E-state index contributed by atoms with van der Waals surface area (Å²) in [7, 11) is 1.78. The van der Waals surface area contributed by atoms with E-state index in [9.17, 15) is 4.79 Å². The molecular formula is C21H29ClN6OS. The molecule has 2 aromatic rings. The van der Waals surface area contributed by atoms with E-state index < -0.39 is 0 Å². The van der Waals surface area contributed by atoms with E-state index in [1.807, 2.05) is 6.92 Å². The van der Waals surface area contributed by atoms with Crippen LogP contribution in [0.2, 0.25) is 5.02 Å². The molecule has 4 rings (SSSR count). The molecular weight excluding hydrogens is 420 g/mol.